The summed E-state index contributed by atoms with van der Waals surface area (Å²) in [6.07, 6.45) is 16.3. The van der Waals surface area contributed by atoms with Gasteiger partial charge in [0.05, 0.1) is 27.6 Å². The minimum Gasteiger partial charge on any atom is -0.481 e. The van der Waals surface area contributed by atoms with E-state index in [1.54, 1.807) is 0 Å². The SMILES string of the molecule is CCCCCCCCCCC(C)CCCCCC(=O)OC(CC(=O)O)C[N+](C)(C)C. The minimum absolute atomic E-state index is 0.127. The Kier molecular flexibility index (Phi) is 16.9. The Morgan fingerprint density at radius 1 is 0.833 bits per heavy atom. The molecule has 30 heavy (non-hydrogen) atoms. The largest absolute Gasteiger partial charge is 0.481 e. The highest BCUT2D eigenvalue weighted by atomic mass is 16.5. The number of nitrogens with zero attached hydrogens (tertiary/aromatic N) is 1. The van der Waals surface area contributed by atoms with E-state index < -0.39 is 12.1 Å². The van der Waals surface area contributed by atoms with Crippen LogP contribution in [-0.4, -0.2) is 55.3 Å². The zero-order valence-corrected chi connectivity index (χ0v) is 20.6. The molecule has 5 nitrogen and oxygen atoms in total. The number of carbonyl (C=O) groups excluding carboxylic acids is 1. The highest BCUT2D eigenvalue weighted by Gasteiger charge is 2.24. The van der Waals surface area contributed by atoms with Crippen molar-refractivity contribution < 1.29 is 23.9 Å². The third-order valence-electron chi connectivity index (χ3n) is 5.58. The van der Waals surface area contributed by atoms with Gasteiger partial charge in [-0.1, -0.05) is 90.9 Å². The molecule has 0 amide bonds. The number of carboxylic acid groups (broad SMARTS) is 1. The predicted octanol–water partition coefficient (Wildman–Crippen LogP) is 6.20. The molecule has 0 saturated carbocycles. The van der Waals surface area contributed by atoms with E-state index in [0.29, 0.717) is 17.4 Å². The molecule has 0 fully saturated rings. The normalized spacial score (nSPS) is 13.8. The highest BCUT2D eigenvalue weighted by molar-refractivity contribution is 5.71. The average Bonchev–Trinajstić information content (AvgIpc) is 2.61. The molecule has 0 aromatic heterocycles. The summed E-state index contributed by atoms with van der Waals surface area (Å²) in [5, 5.41) is 9.03. The van der Waals surface area contributed by atoms with Crippen LogP contribution in [0.3, 0.4) is 0 Å². The Hall–Kier alpha value is -1.10. The van der Waals surface area contributed by atoms with E-state index in [2.05, 4.69) is 13.8 Å². The first-order valence-corrected chi connectivity index (χ1v) is 12.4. The third-order valence-corrected chi connectivity index (χ3v) is 5.58. The summed E-state index contributed by atoms with van der Waals surface area (Å²) >= 11 is 0. The summed E-state index contributed by atoms with van der Waals surface area (Å²) in [5.41, 5.74) is 0. The number of likely N-dealkylation sites (N-methyl/N-ethyl adjacent to an activating group) is 1. The zero-order chi connectivity index (χ0) is 22.8. The highest BCUT2D eigenvalue weighted by Crippen LogP contribution is 2.18. The summed E-state index contributed by atoms with van der Waals surface area (Å²) < 4.78 is 6.01. The fourth-order valence-electron chi connectivity index (χ4n) is 3.90. The van der Waals surface area contributed by atoms with Gasteiger partial charge in [-0.15, -0.1) is 0 Å². The van der Waals surface area contributed by atoms with Gasteiger partial charge < -0.3 is 14.3 Å². The van der Waals surface area contributed by atoms with Crippen LogP contribution in [0.2, 0.25) is 0 Å². The van der Waals surface area contributed by atoms with Gasteiger partial charge in [0.1, 0.15) is 6.54 Å². The molecule has 0 heterocycles. The van der Waals surface area contributed by atoms with Gasteiger partial charge >= 0.3 is 11.9 Å². The van der Waals surface area contributed by atoms with Gasteiger partial charge in [-0.2, -0.15) is 0 Å². The van der Waals surface area contributed by atoms with E-state index in [1.165, 1.54) is 64.2 Å². The number of carbonyl (C=O) groups is 2. The van der Waals surface area contributed by atoms with Crippen LogP contribution < -0.4 is 0 Å². The van der Waals surface area contributed by atoms with E-state index in [-0.39, 0.29) is 12.4 Å². The van der Waals surface area contributed by atoms with Gasteiger partial charge in [-0.05, 0) is 12.3 Å². The van der Waals surface area contributed by atoms with E-state index in [1.807, 2.05) is 21.1 Å². The fourth-order valence-corrected chi connectivity index (χ4v) is 3.90. The molecule has 0 rings (SSSR count). The molecule has 0 aliphatic rings. The predicted molar refractivity (Wildman–Crippen MR) is 125 cm³/mol. The second-order valence-corrected chi connectivity index (χ2v) is 10.2. The Morgan fingerprint density at radius 3 is 1.83 bits per heavy atom. The molecule has 5 heteroatoms. The number of rotatable bonds is 20. The lowest BCUT2D eigenvalue weighted by Gasteiger charge is -2.28. The number of quaternary nitrogens is 1. The van der Waals surface area contributed by atoms with Gasteiger partial charge in [0, 0.05) is 6.42 Å². The fraction of sp³-hybridized carbons (Fsp3) is 0.920. The smallest absolute Gasteiger partial charge is 0.307 e. The Labute approximate surface area is 186 Å². The molecule has 0 spiro atoms. The van der Waals surface area contributed by atoms with Crippen LogP contribution in [0.25, 0.3) is 0 Å². The number of aliphatic carboxylic acids is 1. The maximum absolute atomic E-state index is 12.1. The van der Waals surface area contributed by atoms with Gasteiger partial charge in [0.15, 0.2) is 6.10 Å². The van der Waals surface area contributed by atoms with Gasteiger partial charge in [0.2, 0.25) is 0 Å². The molecule has 0 saturated heterocycles. The summed E-state index contributed by atoms with van der Waals surface area (Å²) in [6, 6.07) is 0. The lowest BCUT2D eigenvalue weighted by molar-refractivity contribution is -0.873. The molecule has 0 aliphatic heterocycles. The van der Waals surface area contributed by atoms with Crippen molar-refractivity contribution in [3.63, 3.8) is 0 Å². The molecule has 0 bridgehead atoms. The number of hydrogen-bond donors (Lipinski definition) is 1. The summed E-state index contributed by atoms with van der Waals surface area (Å²) in [7, 11) is 5.91. The Bertz CT molecular complexity index is 445. The molecule has 2 unspecified atom stereocenters. The zero-order valence-electron chi connectivity index (χ0n) is 20.6. The molecular weight excluding hydrogens is 378 g/mol. The van der Waals surface area contributed by atoms with Crippen LogP contribution in [-0.2, 0) is 14.3 Å². The van der Waals surface area contributed by atoms with Crippen LogP contribution in [0.15, 0.2) is 0 Å². The lowest BCUT2D eigenvalue weighted by Crippen LogP contribution is -2.43. The van der Waals surface area contributed by atoms with Gasteiger partial charge in [-0.3, -0.25) is 9.59 Å². The van der Waals surface area contributed by atoms with Crippen LogP contribution >= 0.6 is 0 Å². The molecule has 178 valence electrons. The number of ether oxygens (including phenoxy) is 1. The van der Waals surface area contributed by atoms with E-state index in [9.17, 15) is 9.59 Å². The Balaban J connectivity index is 3.75. The first kappa shape index (κ1) is 28.9. The maximum atomic E-state index is 12.1. The second kappa shape index (κ2) is 17.6. The molecule has 0 aromatic carbocycles. The topological polar surface area (TPSA) is 63.6 Å². The first-order valence-electron chi connectivity index (χ1n) is 12.4. The average molecular weight is 429 g/mol. The monoisotopic (exact) mass is 428 g/mol. The summed E-state index contributed by atoms with van der Waals surface area (Å²) in [4.78, 5) is 23.1. The van der Waals surface area contributed by atoms with Crippen LogP contribution in [0.4, 0.5) is 0 Å². The second-order valence-electron chi connectivity index (χ2n) is 10.2. The molecule has 2 atom stereocenters. The van der Waals surface area contributed by atoms with Gasteiger partial charge in [-0.25, -0.2) is 0 Å². The third kappa shape index (κ3) is 20.2. The van der Waals surface area contributed by atoms with Crippen LogP contribution in [0.1, 0.15) is 110 Å². The van der Waals surface area contributed by atoms with E-state index >= 15 is 0 Å². The van der Waals surface area contributed by atoms with Crippen molar-refractivity contribution in [2.45, 2.75) is 116 Å². The van der Waals surface area contributed by atoms with Crippen LogP contribution in [0.5, 0.6) is 0 Å². The number of unbranched alkanes of at least 4 members (excludes halogenated alkanes) is 9. The van der Waals surface area contributed by atoms with E-state index in [0.717, 1.165) is 25.2 Å². The maximum Gasteiger partial charge on any atom is 0.307 e. The van der Waals surface area contributed by atoms with Crippen molar-refractivity contribution in [1.82, 2.24) is 0 Å². The quantitative estimate of drug-likeness (QED) is 0.142. The number of carboxylic acids is 1. The summed E-state index contributed by atoms with van der Waals surface area (Å²) in [6.45, 7) is 5.11. The van der Waals surface area contributed by atoms with Crippen molar-refractivity contribution in [3.05, 3.63) is 0 Å². The van der Waals surface area contributed by atoms with Crippen LogP contribution in [0, 0.1) is 5.92 Å². The van der Waals surface area contributed by atoms with Gasteiger partial charge in [0.25, 0.3) is 0 Å². The molecule has 0 aliphatic carbocycles. The van der Waals surface area contributed by atoms with Crippen molar-refractivity contribution in [2.24, 2.45) is 5.92 Å². The number of esters is 1. The molecule has 0 radical (unpaired) electrons. The molecule has 1 N–H and O–H groups in total. The summed E-state index contributed by atoms with van der Waals surface area (Å²) in [5.74, 6) is -0.421. The standard InChI is InChI=1S/C25H49NO4/c1-6-7-8-9-10-11-12-14-17-22(2)18-15-13-16-19-25(29)30-23(20-24(27)28)21-26(3,4)5/h22-23H,6-21H2,1-5H3/p+1. The van der Waals surface area contributed by atoms with Crippen molar-refractivity contribution >= 4 is 11.9 Å². The lowest BCUT2D eigenvalue weighted by atomic mass is 9.96. The first-order chi connectivity index (χ1) is 14.1. The molecule has 0 aromatic rings. The van der Waals surface area contributed by atoms with Crippen molar-refractivity contribution in [3.8, 4) is 0 Å². The number of hydrogen-bond acceptors (Lipinski definition) is 3. The van der Waals surface area contributed by atoms with E-state index in [4.69, 9.17) is 9.84 Å². The Morgan fingerprint density at radius 2 is 1.33 bits per heavy atom. The molecular formula is C25H50NO4+. The van der Waals surface area contributed by atoms with Crippen molar-refractivity contribution in [1.29, 1.82) is 0 Å². The van der Waals surface area contributed by atoms with Crippen molar-refractivity contribution in [2.75, 3.05) is 27.7 Å². The minimum atomic E-state index is -0.924.